The zero-order valence-electron chi connectivity index (χ0n) is 10.2. The Labute approximate surface area is 96.8 Å². The van der Waals surface area contributed by atoms with Gasteiger partial charge in [-0.25, -0.2) is 0 Å². The van der Waals surface area contributed by atoms with Crippen LogP contribution in [0.3, 0.4) is 0 Å². The van der Waals surface area contributed by atoms with E-state index in [-0.39, 0.29) is 0 Å². The highest BCUT2D eigenvalue weighted by molar-refractivity contribution is 4.90. The summed E-state index contributed by atoms with van der Waals surface area (Å²) in [6.07, 6.45) is 6.17. The highest BCUT2D eigenvalue weighted by Crippen LogP contribution is 2.27. The fourth-order valence-electron chi connectivity index (χ4n) is 2.63. The number of aryl methyl sites for hydroxylation is 1. The van der Waals surface area contributed by atoms with E-state index in [2.05, 4.69) is 22.4 Å². The first-order chi connectivity index (χ1) is 7.79. The topological polar surface area (TPSA) is 51.0 Å². The van der Waals surface area contributed by atoms with Crippen LogP contribution in [0.4, 0.5) is 0 Å². The van der Waals surface area contributed by atoms with Crippen molar-refractivity contribution in [3.05, 3.63) is 11.7 Å². The third-order valence-corrected chi connectivity index (χ3v) is 3.38. The van der Waals surface area contributed by atoms with Crippen molar-refractivity contribution in [3.8, 4) is 0 Å². The van der Waals surface area contributed by atoms with Crippen molar-refractivity contribution in [2.24, 2.45) is 5.92 Å². The van der Waals surface area contributed by atoms with Crippen LogP contribution >= 0.6 is 0 Å². The van der Waals surface area contributed by atoms with E-state index in [0.29, 0.717) is 12.0 Å². The molecule has 0 aliphatic heterocycles. The largest absolute Gasteiger partial charge is 0.339 e. The van der Waals surface area contributed by atoms with Crippen molar-refractivity contribution in [2.75, 3.05) is 6.54 Å². The number of aromatic nitrogens is 2. The molecule has 1 aromatic heterocycles. The number of hydrogen-bond acceptors (Lipinski definition) is 4. The van der Waals surface area contributed by atoms with Gasteiger partial charge in [-0.1, -0.05) is 24.9 Å². The quantitative estimate of drug-likeness (QED) is 0.849. The van der Waals surface area contributed by atoms with Crippen molar-refractivity contribution >= 4 is 0 Å². The standard InChI is InChI=1S/C12H21N3O/c1-3-13-11-7-5-4-6-10(11)8-12-14-9(2)15-16-12/h10-11,13H,3-8H2,1-2H3. The second-order valence-electron chi connectivity index (χ2n) is 4.65. The van der Waals surface area contributed by atoms with Crippen LogP contribution in [0.15, 0.2) is 4.52 Å². The normalized spacial score (nSPS) is 25.9. The maximum absolute atomic E-state index is 5.20. The zero-order chi connectivity index (χ0) is 11.4. The van der Waals surface area contributed by atoms with Crippen molar-refractivity contribution in [2.45, 2.75) is 52.0 Å². The minimum Gasteiger partial charge on any atom is -0.339 e. The highest BCUT2D eigenvalue weighted by atomic mass is 16.5. The molecular weight excluding hydrogens is 202 g/mol. The Hall–Kier alpha value is -0.900. The molecule has 1 saturated carbocycles. The molecule has 16 heavy (non-hydrogen) atoms. The van der Waals surface area contributed by atoms with Crippen LogP contribution in [0.25, 0.3) is 0 Å². The maximum Gasteiger partial charge on any atom is 0.226 e. The van der Waals surface area contributed by atoms with E-state index >= 15 is 0 Å². The van der Waals surface area contributed by atoms with Gasteiger partial charge >= 0.3 is 0 Å². The molecule has 2 atom stereocenters. The summed E-state index contributed by atoms with van der Waals surface area (Å²) in [4.78, 5) is 4.29. The van der Waals surface area contributed by atoms with Gasteiger partial charge in [0.05, 0.1) is 0 Å². The molecule has 0 radical (unpaired) electrons. The summed E-state index contributed by atoms with van der Waals surface area (Å²) in [5.74, 6) is 2.20. The van der Waals surface area contributed by atoms with Crippen LogP contribution in [-0.2, 0) is 6.42 Å². The third kappa shape index (κ3) is 2.82. The summed E-state index contributed by atoms with van der Waals surface area (Å²) < 4.78 is 5.20. The molecular formula is C12H21N3O. The molecule has 1 aromatic rings. The van der Waals surface area contributed by atoms with Gasteiger partial charge in [0.25, 0.3) is 0 Å². The van der Waals surface area contributed by atoms with Gasteiger partial charge in [0, 0.05) is 12.5 Å². The van der Waals surface area contributed by atoms with Gasteiger partial charge in [0.2, 0.25) is 5.89 Å². The molecule has 1 N–H and O–H groups in total. The van der Waals surface area contributed by atoms with Crippen LogP contribution in [0.1, 0.15) is 44.3 Å². The lowest BCUT2D eigenvalue weighted by Crippen LogP contribution is -2.39. The number of nitrogens with zero attached hydrogens (tertiary/aromatic N) is 2. The van der Waals surface area contributed by atoms with Crippen LogP contribution in [0.5, 0.6) is 0 Å². The summed E-state index contributed by atoms with van der Waals surface area (Å²) >= 11 is 0. The summed E-state index contributed by atoms with van der Waals surface area (Å²) in [5, 5.41) is 7.42. The lowest BCUT2D eigenvalue weighted by Gasteiger charge is -2.31. The molecule has 0 aromatic carbocycles. The first kappa shape index (κ1) is 11.6. The van der Waals surface area contributed by atoms with Gasteiger partial charge in [-0.05, 0) is 32.2 Å². The minimum absolute atomic E-state index is 0.631. The Morgan fingerprint density at radius 3 is 2.88 bits per heavy atom. The van der Waals surface area contributed by atoms with E-state index < -0.39 is 0 Å². The smallest absolute Gasteiger partial charge is 0.226 e. The summed E-state index contributed by atoms with van der Waals surface area (Å²) in [6.45, 7) is 5.09. The number of rotatable bonds is 4. The van der Waals surface area contributed by atoms with Crippen molar-refractivity contribution in [1.82, 2.24) is 15.5 Å². The van der Waals surface area contributed by atoms with E-state index in [1.165, 1.54) is 25.7 Å². The average Bonchev–Trinajstić information content (AvgIpc) is 2.67. The van der Waals surface area contributed by atoms with E-state index in [1.54, 1.807) is 0 Å². The molecule has 90 valence electrons. The minimum atomic E-state index is 0.631. The van der Waals surface area contributed by atoms with E-state index in [4.69, 9.17) is 4.52 Å². The van der Waals surface area contributed by atoms with Gasteiger partial charge in [-0.2, -0.15) is 4.98 Å². The first-order valence-electron chi connectivity index (χ1n) is 6.32. The number of nitrogens with one attached hydrogen (secondary N) is 1. The predicted molar refractivity (Wildman–Crippen MR) is 62.2 cm³/mol. The maximum atomic E-state index is 5.20. The van der Waals surface area contributed by atoms with Crippen LogP contribution in [-0.4, -0.2) is 22.7 Å². The Kier molecular flexibility index (Phi) is 3.93. The molecule has 0 spiro atoms. The van der Waals surface area contributed by atoms with E-state index in [1.807, 2.05) is 6.92 Å². The molecule has 0 bridgehead atoms. The molecule has 0 amide bonds. The molecule has 2 rings (SSSR count). The van der Waals surface area contributed by atoms with Gasteiger partial charge in [-0.3, -0.25) is 0 Å². The molecule has 1 aliphatic rings. The van der Waals surface area contributed by atoms with E-state index in [9.17, 15) is 0 Å². The van der Waals surface area contributed by atoms with Crippen molar-refractivity contribution in [3.63, 3.8) is 0 Å². The molecule has 1 aliphatic carbocycles. The lowest BCUT2D eigenvalue weighted by atomic mass is 9.82. The molecule has 4 heteroatoms. The lowest BCUT2D eigenvalue weighted by molar-refractivity contribution is 0.242. The monoisotopic (exact) mass is 223 g/mol. The van der Waals surface area contributed by atoms with Gasteiger partial charge < -0.3 is 9.84 Å². The van der Waals surface area contributed by atoms with Crippen molar-refractivity contribution in [1.29, 1.82) is 0 Å². The molecule has 2 unspecified atom stereocenters. The molecule has 1 heterocycles. The predicted octanol–water partition coefficient (Wildman–Crippen LogP) is 2.09. The number of hydrogen-bond donors (Lipinski definition) is 1. The van der Waals surface area contributed by atoms with E-state index in [0.717, 1.165) is 24.7 Å². The Morgan fingerprint density at radius 1 is 1.38 bits per heavy atom. The van der Waals surface area contributed by atoms with Crippen LogP contribution < -0.4 is 5.32 Å². The molecule has 1 fully saturated rings. The highest BCUT2D eigenvalue weighted by Gasteiger charge is 2.26. The van der Waals surface area contributed by atoms with Gasteiger partial charge in [-0.15, -0.1) is 0 Å². The Balaban J connectivity index is 1.95. The molecule has 0 saturated heterocycles. The molecule has 4 nitrogen and oxygen atoms in total. The Bertz CT molecular complexity index is 322. The fraction of sp³-hybridized carbons (Fsp3) is 0.833. The van der Waals surface area contributed by atoms with Crippen LogP contribution in [0.2, 0.25) is 0 Å². The van der Waals surface area contributed by atoms with Gasteiger partial charge in [0.1, 0.15) is 0 Å². The average molecular weight is 223 g/mol. The summed E-state index contributed by atoms with van der Waals surface area (Å²) in [5.41, 5.74) is 0. The SMILES string of the molecule is CCNC1CCCCC1Cc1nc(C)no1. The first-order valence-corrected chi connectivity index (χ1v) is 6.32. The second-order valence-corrected chi connectivity index (χ2v) is 4.65. The third-order valence-electron chi connectivity index (χ3n) is 3.38. The van der Waals surface area contributed by atoms with Crippen LogP contribution in [0, 0.1) is 12.8 Å². The summed E-state index contributed by atoms with van der Waals surface area (Å²) in [7, 11) is 0. The fourth-order valence-corrected chi connectivity index (χ4v) is 2.63. The summed E-state index contributed by atoms with van der Waals surface area (Å²) in [6, 6.07) is 0.631. The second kappa shape index (κ2) is 5.43. The Morgan fingerprint density at radius 2 is 2.19 bits per heavy atom. The van der Waals surface area contributed by atoms with Gasteiger partial charge in [0.15, 0.2) is 5.82 Å². The zero-order valence-corrected chi connectivity index (χ0v) is 10.2. The van der Waals surface area contributed by atoms with Crippen molar-refractivity contribution < 1.29 is 4.52 Å².